The second kappa shape index (κ2) is 65.7. The highest BCUT2D eigenvalue weighted by Crippen LogP contribution is 2.12. The topological polar surface area (TPSA) is 490 Å². The van der Waals surface area contributed by atoms with Crippen LogP contribution in [-0.4, -0.2) is 204 Å². The summed E-state index contributed by atoms with van der Waals surface area (Å²) in [6.07, 6.45) is -2.08. The Bertz CT molecular complexity index is 2920. The van der Waals surface area contributed by atoms with Crippen LogP contribution in [0.4, 0.5) is 28.8 Å². The van der Waals surface area contributed by atoms with E-state index in [0.29, 0.717) is 31.3 Å². The number of para-hydroxylation sites is 2. The number of ether oxygens (including phenoxy) is 15. The van der Waals surface area contributed by atoms with Gasteiger partial charge in [0.15, 0.2) is 24.1 Å². The lowest BCUT2D eigenvalue weighted by molar-refractivity contribution is -0.153. The number of hydrogen-bond acceptors (Lipinski definition) is 32. The number of aromatic nitrogens is 2. The normalized spacial score (nSPS) is 11.0. The molecule has 0 aliphatic rings. The van der Waals surface area contributed by atoms with Crippen molar-refractivity contribution in [3.8, 4) is 23.0 Å². The number of hydrogen-bond donors (Lipinski definition) is 6. The summed E-state index contributed by atoms with van der Waals surface area (Å²) >= 11 is 0. The van der Waals surface area contributed by atoms with Crippen LogP contribution in [0.5, 0.6) is 23.0 Å². The quantitative estimate of drug-likeness (QED) is 0.0156. The van der Waals surface area contributed by atoms with Crippen LogP contribution >= 0.6 is 0 Å². The molecule has 6 atom stereocenters. The Hall–Kier alpha value is -11.6. The van der Waals surface area contributed by atoms with Gasteiger partial charge < -0.3 is 102 Å². The maximum absolute atomic E-state index is 11.3. The molecule has 4 aromatic rings. The van der Waals surface area contributed by atoms with E-state index < -0.39 is 97.1 Å². The van der Waals surface area contributed by atoms with Gasteiger partial charge in [-0.15, -0.1) is 0 Å². The Labute approximate surface area is 583 Å². The summed E-state index contributed by atoms with van der Waals surface area (Å²) in [5.74, 6) is -2.87. The van der Waals surface area contributed by atoms with E-state index >= 15 is 0 Å². The van der Waals surface area contributed by atoms with Gasteiger partial charge in [-0.25, -0.2) is 47.9 Å². The minimum atomic E-state index is -1.48. The van der Waals surface area contributed by atoms with Crippen molar-refractivity contribution in [3.63, 3.8) is 0 Å². The molecule has 4 rings (SSSR count). The van der Waals surface area contributed by atoms with Crippen LogP contribution in [0.1, 0.15) is 83.1 Å². The molecule has 2 heterocycles. The minimum absolute atomic E-state index is 0.0500. The number of pyridine rings is 2. The van der Waals surface area contributed by atoms with Crippen molar-refractivity contribution in [1.82, 2.24) is 9.97 Å². The average Bonchev–Trinajstić information content (AvgIpc) is 0.969. The summed E-state index contributed by atoms with van der Waals surface area (Å²) in [6, 6.07) is 23.3. The van der Waals surface area contributed by atoms with Crippen LogP contribution in [-0.2, 0) is 85.6 Å². The van der Waals surface area contributed by atoms with E-state index in [1.807, 2.05) is 0 Å². The number of carbonyl (C=O) groups excluding carboxylic acids is 9. The first kappa shape index (κ1) is 98.1. The first-order chi connectivity index (χ1) is 47.8. The largest absolute Gasteiger partial charge is 0.514 e. The maximum atomic E-state index is 11.3. The fourth-order valence-electron chi connectivity index (χ4n) is 4.91. The van der Waals surface area contributed by atoms with Crippen molar-refractivity contribution >= 4 is 72.7 Å². The summed E-state index contributed by atoms with van der Waals surface area (Å²) < 4.78 is 68.3. The fraction of sp³-hybridized carbons (Fsp3) is 0.424. The molecule has 35 heteroatoms. The second-order valence-electron chi connectivity index (χ2n) is 17.8. The monoisotopic (exact) mass is 1440 g/mol. The number of esters is 6. The fourth-order valence-corrected chi connectivity index (χ4v) is 4.91. The van der Waals surface area contributed by atoms with Crippen LogP contribution in [0.3, 0.4) is 0 Å². The van der Waals surface area contributed by atoms with Crippen molar-refractivity contribution in [3.05, 3.63) is 135 Å². The molecule has 0 spiro atoms. The molecule has 0 saturated heterocycles. The van der Waals surface area contributed by atoms with Crippen LogP contribution in [0, 0.1) is 11.8 Å². The molecular formula is C66H92N2O33. The summed E-state index contributed by atoms with van der Waals surface area (Å²) in [5.41, 5.74) is 0. The smallest absolute Gasteiger partial charge is 0.506 e. The molecule has 0 amide bonds. The van der Waals surface area contributed by atoms with Gasteiger partial charge in [0.1, 0.15) is 43.2 Å². The SMILES string of the molecule is C=CCOC(=O)O.C=CCOC(=O)OC(C)C(=O)OCC.CCOC(=O)C(C)CO.CCOC(=O)C(C)COC(=O)Oc1ccccc1.CCOC(=O)C(C)O.CCOC(=O)C(C)OC(=O)O.CCOC(=O)C(C)OC(=O)Oc1cccnc1.O=C(O)Oc1ccccc1.Oc1cccnc1. The van der Waals surface area contributed by atoms with Gasteiger partial charge in [0, 0.05) is 12.4 Å². The molecule has 6 unspecified atom stereocenters. The molecule has 0 saturated carbocycles. The van der Waals surface area contributed by atoms with Crippen molar-refractivity contribution in [2.24, 2.45) is 11.8 Å². The molecule has 2 aromatic carbocycles. The third-order valence-electron chi connectivity index (χ3n) is 9.43. The van der Waals surface area contributed by atoms with E-state index in [1.165, 1.54) is 52.2 Å². The Balaban J connectivity index is -0.000000349. The van der Waals surface area contributed by atoms with E-state index in [9.17, 15) is 57.5 Å². The lowest BCUT2D eigenvalue weighted by Crippen LogP contribution is -2.27. The summed E-state index contributed by atoms with van der Waals surface area (Å²) in [4.78, 5) is 135. The number of rotatable bonds is 25. The molecule has 0 bridgehead atoms. The number of benzene rings is 2. The van der Waals surface area contributed by atoms with Gasteiger partial charge in [0.25, 0.3) is 0 Å². The highest BCUT2D eigenvalue weighted by Gasteiger charge is 2.22. The molecule has 35 nitrogen and oxygen atoms in total. The van der Waals surface area contributed by atoms with E-state index in [4.69, 9.17) is 54.3 Å². The molecule has 0 radical (unpaired) electrons. The number of aliphatic hydroxyl groups is 2. The minimum Gasteiger partial charge on any atom is -0.506 e. The van der Waals surface area contributed by atoms with Gasteiger partial charge in [0.05, 0.1) is 70.5 Å². The zero-order valence-electron chi connectivity index (χ0n) is 58.1. The van der Waals surface area contributed by atoms with E-state index in [1.54, 1.807) is 153 Å². The second-order valence-corrected chi connectivity index (χ2v) is 17.8. The number of carboxylic acid groups (broad SMARTS) is 3. The molecule has 0 aliphatic carbocycles. The maximum Gasteiger partial charge on any atom is 0.514 e. The van der Waals surface area contributed by atoms with Crippen molar-refractivity contribution in [1.29, 1.82) is 0 Å². The van der Waals surface area contributed by atoms with E-state index in [-0.39, 0.29) is 69.6 Å². The summed E-state index contributed by atoms with van der Waals surface area (Å²) in [6.45, 7) is 27.1. The third-order valence-corrected chi connectivity index (χ3v) is 9.43. The molecule has 564 valence electrons. The Morgan fingerprint density at radius 3 is 1.12 bits per heavy atom. The Kier molecular flexibility index (Phi) is 63.7. The van der Waals surface area contributed by atoms with Crippen LogP contribution < -0.4 is 14.2 Å². The lowest BCUT2D eigenvalue weighted by atomic mass is 10.2. The molecule has 0 fully saturated rings. The van der Waals surface area contributed by atoms with Gasteiger partial charge in [-0.3, -0.25) is 19.6 Å². The number of nitrogens with zero attached hydrogens (tertiary/aromatic N) is 2. The van der Waals surface area contributed by atoms with E-state index in [0.717, 1.165) is 0 Å². The Morgan fingerprint density at radius 2 is 0.782 bits per heavy atom. The van der Waals surface area contributed by atoms with Crippen molar-refractivity contribution in [2.75, 3.05) is 66.1 Å². The standard InChI is InChI=1S/C13H16O5.C11H13NO5.C9H14O5.C7H6O3.C6H10O5.C6H12O3.C5H5NO.C5H10O3.C4H6O3/c1-3-16-12(14)10(2)9-17-13(15)18-11-7-5-4-6-8-11;1-3-15-10(13)8(2)16-11(14)17-9-5-4-6-12-7-9;1-4-6-13-9(11)14-7(3)8(10)12-5-2;8-7(9)10-6-4-2-1-3-5-6;1-3-10-5(7)4(2)11-6(8)9;1-3-9-6(8)5(2)4-7;7-5-2-1-3-6-4-5;1-3-8-5(7)4(2)6;1-2-3-7-4(5)6/h4-8,10H,3,9H2,1-2H3;4-8H,3H2,1-2H3;4,7H,1,5-6H2,2-3H3;1-5H,(H,8,9);4H,3H2,1-2H3,(H,8,9);5,7H,3-4H2,1-2H3;1-4,7H;4,6H,3H2,1-2H3;2H,1,3H2,(H,5,6). The summed E-state index contributed by atoms with van der Waals surface area (Å²) in [5, 5.41) is 49.5. The molecule has 2 aromatic heterocycles. The van der Waals surface area contributed by atoms with Gasteiger partial charge in [-0.05, 0) is 132 Å². The van der Waals surface area contributed by atoms with Crippen LogP contribution in [0.15, 0.2) is 135 Å². The average molecular weight is 1440 g/mol. The lowest BCUT2D eigenvalue weighted by Gasteiger charge is -2.11. The van der Waals surface area contributed by atoms with Crippen molar-refractivity contribution in [2.45, 2.75) is 108 Å². The number of carbonyl (C=O) groups is 12. The number of aliphatic hydroxyl groups excluding tert-OH is 2. The number of aromatic hydroxyl groups is 1. The van der Waals surface area contributed by atoms with Crippen LogP contribution in [0.2, 0.25) is 0 Å². The molecule has 0 aliphatic heterocycles. The first-order valence-electron chi connectivity index (χ1n) is 30.1. The zero-order valence-corrected chi connectivity index (χ0v) is 58.1. The molecule has 101 heavy (non-hydrogen) atoms. The highest BCUT2D eigenvalue weighted by molar-refractivity contribution is 5.78. The predicted molar refractivity (Wildman–Crippen MR) is 352 cm³/mol. The van der Waals surface area contributed by atoms with Gasteiger partial charge in [-0.1, -0.05) is 61.7 Å². The van der Waals surface area contributed by atoms with Gasteiger partial charge >= 0.3 is 72.7 Å². The van der Waals surface area contributed by atoms with Crippen LogP contribution in [0.25, 0.3) is 0 Å². The van der Waals surface area contributed by atoms with E-state index in [2.05, 4.69) is 70.5 Å². The van der Waals surface area contributed by atoms with Gasteiger partial charge in [0.2, 0.25) is 0 Å². The van der Waals surface area contributed by atoms with Crippen molar-refractivity contribution < 1.29 is 159 Å². The third kappa shape index (κ3) is 64.2. The molecular weight excluding hydrogens is 1350 g/mol. The highest BCUT2D eigenvalue weighted by atomic mass is 16.8. The predicted octanol–water partition coefficient (Wildman–Crippen LogP) is 9.37. The first-order valence-corrected chi connectivity index (χ1v) is 30.1. The van der Waals surface area contributed by atoms with Gasteiger partial charge in [-0.2, -0.15) is 0 Å². The zero-order chi connectivity index (χ0) is 77.9. The summed E-state index contributed by atoms with van der Waals surface area (Å²) in [7, 11) is 0. The molecule has 6 N–H and O–H groups in total. The Morgan fingerprint density at radius 1 is 0.406 bits per heavy atom.